The number of rotatable bonds is 11. The minimum Gasteiger partial charge on any atom is -0.490 e. The van der Waals surface area contributed by atoms with Crippen LogP contribution in [0.2, 0.25) is 0 Å². The number of nitrogens with zero attached hydrogens (tertiary/aromatic N) is 1. The Morgan fingerprint density at radius 1 is 1.14 bits per heavy atom. The molecule has 182 valence electrons. The van der Waals surface area contributed by atoms with Crippen LogP contribution in [0.1, 0.15) is 29.8 Å². The molecule has 0 aliphatic carbocycles. The molecule has 0 saturated heterocycles. The van der Waals surface area contributed by atoms with Gasteiger partial charge in [-0.15, -0.1) is 0 Å². The fraction of sp³-hybridized carbons (Fsp3) is 0.259. The van der Waals surface area contributed by atoms with Gasteiger partial charge in [-0.3, -0.25) is 4.79 Å². The predicted molar refractivity (Wildman–Crippen MR) is 135 cm³/mol. The number of amides is 1. The highest BCUT2D eigenvalue weighted by atomic mass is 16.5. The standard InChI is InChI=1S/C27H30N4O4/c1-27(2,31-16-20(32)17-34-24-5-3-4-23-22(24)12-13-29-23)14-18-6-9-21(10-7-18)35-25-11-8-19(15-30-25)26(28)33/h3-13,15,20,29,31-32H,14,16-17H2,1-2H3,(H2,28,33)/t20-/m0/s1/i26+2. The molecule has 2 aromatic heterocycles. The molecule has 1 amide bonds. The zero-order valence-corrected chi connectivity index (χ0v) is 19.8. The van der Waals surface area contributed by atoms with Crippen molar-refractivity contribution in [2.24, 2.45) is 5.73 Å². The van der Waals surface area contributed by atoms with Gasteiger partial charge in [-0.05, 0) is 62.2 Å². The lowest BCUT2D eigenvalue weighted by Gasteiger charge is -2.28. The van der Waals surface area contributed by atoms with E-state index in [0.29, 0.717) is 23.7 Å². The molecule has 0 bridgehead atoms. The molecular weight excluding hydrogens is 446 g/mol. The highest BCUT2D eigenvalue weighted by molar-refractivity contribution is 5.92. The second-order valence-corrected chi connectivity index (χ2v) is 9.10. The van der Waals surface area contributed by atoms with Crippen molar-refractivity contribution in [2.75, 3.05) is 13.2 Å². The first kappa shape index (κ1) is 24.3. The molecule has 8 heteroatoms. The fourth-order valence-corrected chi connectivity index (χ4v) is 3.78. The van der Waals surface area contributed by atoms with Gasteiger partial charge in [-0.1, -0.05) is 18.2 Å². The summed E-state index contributed by atoms with van der Waals surface area (Å²) in [5.41, 5.74) is 7.45. The van der Waals surface area contributed by atoms with Crippen LogP contribution < -0.4 is 20.5 Å². The zero-order chi connectivity index (χ0) is 24.8. The average Bonchev–Trinajstić information content (AvgIpc) is 3.32. The number of hydrogen-bond acceptors (Lipinski definition) is 6. The summed E-state index contributed by atoms with van der Waals surface area (Å²) in [6, 6.07) is 18.7. The number of carbonyl (C=O) groups excluding carboxylic acids is 1. The van der Waals surface area contributed by atoms with Gasteiger partial charge in [0.1, 0.15) is 24.2 Å². The summed E-state index contributed by atoms with van der Waals surface area (Å²) in [6.07, 6.45) is 3.37. The van der Waals surface area contributed by atoms with Crippen molar-refractivity contribution in [3.63, 3.8) is 0 Å². The maximum Gasteiger partial charge on any atom is 0.250 e. The highest BCUT2D eigenvalue weighted by Gasteiger charge is 2.20. The Kier molecular flexibility index (Phi) is 7.33. The van der Waals surface area contributed by atoms with Gasteiger partial charge in [-0.2, -0.15) is 0 Å². The van der Waals surface area contributed by atoms with Crippen molar-refractivity contribution >= 4 is 16.8 Å². The Morgan fingerprint density at radius 2 is 1.94 bits per heavy atom. The van der Waals surface area contributed by atoms with Crippen LogP contribution in [-0.4, -0.2) is 45.8 Å². The number of β-amino-alcohol motifs (C(OH)–C–C–N with tert-alkyl or cyclic N) is 1. The predicted octanol–water partition coefficient (Wildman–Crippen LogP) is 3.80. The third kappa shape index (κ3) is 6.59. The first-order chi connectivity index (χ1) is 16.8. The Labute approximate surface area is 204 Å². The number of primary amides is 1. The van der Waals surface area contributed by atoms with E-state index in [1.54, 1.807) is 12.1 Å². The van der Waals surface area contributed by atoms with Gasteiger partial charge in [0, 0.05) is 41.4 Å². The van der Waals surface area contributed by atoms with Crippen molar-refractivity contribution in [1.82, 2.24) is 15.3 Å². The van der Waals surface area contributed by atoms with Gasteiger partial charge < -0.3 is 30.6 Å². The van der Waals surface area contributed by atoms with Gasteiger partial charge in [0.05, 0.1) is 5.56 Å². The van der Waals surface area contributed by atoms with Crippen LogP contribution in [0.5, 0.6) is 17.4 Å². The van der Waals surface area contributed by atoms with Crippen molar-refractivity contribution < 1.29 is 19.4 Å². The molecule has 5 N–H and O–H groups in total. The van der Waals surface area contributed by atoms with Gasteiger partial charge in [0.15, 0.2) is 0 Å². The number of H-pyrrole nitrogens is 1. The summed E-state index contributed by atoms with van der Waals surface area (Å²) in [7, 11) is 0. The van der Waals surface area contributed by atoms with Gasteiger partial charge in [0.2, 0.25) is 11.8 Å². The maximum absolute atomic E-state index is 11.1. The van der Waals surface area contributed by atoms with Crippen LogP contribution in [0.4, 0.5) is 0 Å². The molecule has 8 nitrogen and oxygen atoms in total. The number of ether oxygens (including phenoxy) is 2. The summed E-state index contributed by atoms with van der Waals surface area (Å²) < 4.78 is 11.6. The number of benzene rings is 2. The van der Waals surface area contributed by atoms with E-state index in [-0.39, 0.29) is 12.1 Å². The number of hydrogen-bond donors (Lipinski definition) is 4. The number of carbonyl (C=O) groups is 1. The topological polar surface area (TPSA) is 122 Å². The lowest BCUT2D eigenvalue weighted by Crippen LogP contribution is -2.46. The molecule has 2 aromatic carbocycles. The summed E-state index contributed by atoms with van der Waals surface area (Å²) in [5, 5.41) is 14.9. The van der Waals surface area contributed by atoms with E-state index < -0.39 is 12.0 Å². The van der Waals surface area contributed by atoms with Crippen molar-refractivity contribution in [1.29, 1.82) is 0 Å². The third-order valence-corrected chi connectivity index (χ3v) is 5.62. The number of aromatic nitrogens is 2. The number of nitrogens with one attached hydrogen (secondary N) is 2. The number of fused-ring (bicyclic) bond motifs is 1. The van der Waals surface area contributed by atoms with Gasteiger partial charge in [0.25, 0.3) is 0 Å². The molecule has 4 rings (SSSR count). The average molecular weight is 477 g/mol. The van der Waals surface area contributed by atoms with E-state index in [1.165, 1.54) is 6.20 Å². The van der Waals surface area contributed by atoms with Crippen LogP contribution >= 0.6 is 0 Å². The minimum atomic E-state index is -0.646. The van der Waals surface area contributed by atoms with Gasteiger partial charge >= 0.3 is 0 Å². The summed E-state index contributed by atoms with van der Waals surface area (Å²) >= 11 is 0. The third-order valence-electron chi connectivity index (χ3n) is 5.62. The Balaban J connectivity index is 1.25. The number of nitrogens with two attached hydrogens (primary N) is 1. The molecule has 0 spiro atoms. The molecule has 0 fully saturated rings. The molecule has 0 aliphatic rings. The molecule has 0 saturated carbocycles. The van der Waals surface area contributed by atoms with E-state index in [4.69, 9.17) is 15.2 Å². The second-order valence-electron chi connectivity index (χ2n) is 9.10. The normalized spacial score (nSPS) is 12.4. The van der Waals surface area contributed by atoms with Gasteiger partial charge in [-0.25, -0.2) is 4.98 Å². The van der Waals surface area contributed by atoms with E-state index >= 15 is 0 Å². The monoisotopic (exact) mass is 476 g/mol. The minimum absolute atomic E-state index is 0.202. The van der Waals surface area contributed by atoms with Crippen molar-refractivity contribution in [2.45, 2.75) is 31.9 Å². The summed E-state index contributed by atoms with van der Waals surface area (Å²) in [5.74, 6) is 1.25. The summed E-state index contributed by atoms with van der Waals surface area (Å²) in [4.78, 5) is 18.4. The van der Waals surface area contributed by atoms with E-state index in [2.05, 4.69) is 29.1 Å². The Morgan fingerprint density at radius 3 is 2.66 bits per heavy atom. The number of aromatic amines is 1. The fourth-order valence-electron chi connectivity index (χ4n) is 3.78. The Hall–Kier alpha value is -3.88. The SMILES string of the molecule is CC(C)(Cc1ccc(Oc2ccc([14C](N)=O)cn2)cc1)NC[C@H](O)COc1cccc2[nH]ccc12. The van der Waals surface area contributed by atoms with Crippen LogP contribution in [-0.2, 0) is 6.42 Å². The zero-order valence-electron chi connectivity index (χ0n) is 19.8. The van der Waals surface area contributed by atoms with E-state index in [1.807, 2.05) is 54.7 Å². The maximum atomic E-state index is 11.1. The van der Waals surface area contributed by atoms with Crippen LogP contribution in [0.15, 0.2) is 73.1 Å². The van der Waals surface area contributed by atoms with Crippen molar-refractivity contribution in [3.8, 4) is 17.4 Å². The van der Waals surface area contributed by atoms with E-state index in [0.717, 1.165) is 28.6 Å². The van der Waals surface area contributed by atoms with Crippen LogP contribution in [0.3, 0.4) is 0 Å². The van der Waals surface area contributed by atoms with Crippen LogP contribution in [0.25, 0.3) is 10.9 Å². The first-order valence-corrected chi connectivity index (χ1v) is 11.4. The van der Waals surface area contributed by atoms with Crippen LogP contribution in [0, 0.1) is 0 Å². The lowest BCUT2D eigenvalue weighted by molar-refractivity contribution is 0.0995. The molecule has 1 atom stereocenters. The van der Waals surface area contributed by atoms with E-state index in [9.17, 15) is 9.90 Å². The Bertz CT molecular complexity index is 1270. The molecule has 35 heavy (non-hydrogen) atoms. The first-order valence-electron chi connectivity index (χ1n) is 11.4. The molecule has 2 heterocycles. The number of aliphatic hydroxyl groups excluding tert-OH is 1. The molecular formula is C27H30N4O4. The van der Waals surface area contributed by atoms with Crippen molar-refractivity contribution in [3.05, 3.63) is 84.2 Å². The smallest absolute Gasteiger partial charge is 0.250 e. The molecule has 0 aliphatic heterocycles. The summed E-state index contributed by atoms with van der Waals surface area (Å²) in [6.45, 7) is 4.80. The highest BCUT2D eigenvalue weighted by Crippen LogP contribution is 2.25. The molecule has 0 radical (unpaired) electrons. The number of pyridine rings is 1. The lowest BCUT2D eigenvalue weighted by atomic mass is 9.94. The molecule has 4 aromatic rings. The second kappa shape index (κ2) is 10.6. The number of aliphatic hydroxyl groups is 1. The quantitative estimate of drug-likeness (QED) is 0.261. The largest absolute Gasteiger partial charge is 0.490 e. The molecule has 0 unspecified atom stereocenters.